The summed E-state index contributed by atoms with van der Waals surface area (Å²) >= 11 is 0. The monoisotopic (exact) mass is 588 g/mol. The van der Waals surface area contributed by atoms with Crippen molar-refractivity contribution in [2.75, 3.05) is 31.3 Å². The van der Waals surface area contributed by atoms with Crippen LogP contribution in [0.4, 0.5) is 14.9 Å². The maximum absolute atomic E-state index is 13.8. The van der Waals surface area contributed by atoms with E-state index >= 15 is 0 Å². The molecule has 11 heteroatoms. The number of fused-ring (bicyclic) bond motifs is 2. The molecule has 224 valence electrons. The molecule has 9 nitrogen and oxygen atoms in total. The van der Waals surface area contributed by atoms with Gasteiger partial charge in [-0.25, -0.2) is 17.6 Å². The van der Waals surface area contributed by atoms with Crippen LogP contribution >= 0.6 is 0 Å². The predicted molar refractivity (Wildman–Crippen MR) is 157 cm³/mol. The van der Waals surface area contributed by atoms with Gasteiger partial charge in [-0.15, -0.1) is 0 Å². The molecule has 0 spiro atoms. The Bertz CT molecular complexity index is 1300. The first-order chi connectivity index (χ1) is 19.6. The van der Waals surface area contributed by atoms with Gasteiger partial charge in [0, 0.05) is 36.8 Å². The van der Waals surface area contributed by atoms with Crippen molar-refractivity contribution in [3.63, 3.8) is 0 Å². The van der Waals surface area contributed by atoms with Crippen LogP contribution in [0.15, 0.2) is 48.5 Å². The molecular weight excluding hydrogens is 547 g/mol. The average molecular weight is 589 g/mol. The van der Waals surface area contributed by atoms with Gasteiger partial charge in [-0.2, -0.15) is 4.31 Å². The standard InChI is InChI=1S/C30H41FN4O5S/c1-20(2)17-26(21-10-13-23(31)14-11-21)28(34-30(37)40-3)29(36)33-27-9-5-4-7-22(27)12-15-25-18-32-24-8-6-16-41(38,39)35(25)19-24/h4-5,7,9-11,13-14,20,24-26,28,32H,6,8,12,15-19H2,1-3H3,(H,33,36)(H,34,37)/t24-,25?,26-,28+/m1/s1. The molecule has 2 saturated heterocycles. The first-order valence-electron chi connectivity index (χ1n) is 14.3. The third kappa shape index (κ3) is 8.05. The van der Waals surface area contributed by atoms with E-state index in [4.69, 9.17) is 4.74 Å². The van der Waals surface area contributed by atoms with Crippen LogP contribution in [0.2, 0.25) is 0 Å². The number of hydrogen-bond acceptors (Lipinski definition) is 6. The van der Waals surface area contributed by atoms with Crippen molar-refractivity contribution in [2.45, 2.75) is 70.0 Å². The highest BCUT2D eigenvalue weighted by Crippen LogP contribution is 2.30. The van der Waals surface area contributed by atoms with Gasteiger partial charge >= 0.3 is 6.09 Å². The molecule has 0 saturated carbocycles. The molecule has 2 bridgehead atoms. The summed E-state index contributed by atoms with van der Waals surface area (Å²) in [4.78, 5) is 26.1. The summed E-state index contributed by atoms with van der Waals surface area (Å²) in [6.45, 7) is 5.13. The number of ether oxygens (including phenoxy) is 1. The molecule has 2 amide bonds. The van der Waals surface area contributed by atoms with Gasteiger partial charge in [-0.3, -0.25) is 4.79 Å². The molecule has 2 aromatic carbocycles. The fourth-order valence-electron chi connectivity index (χ4n) is 5.85. The van der Waals surface area contributed by atoms with Gasteiger partial charge in [0.25, 0.3) is 0 Å². The molecule has 2 fully saturated rings. The molecule has 4 rings (SSSR count). The van der Waals surface area contributed by atoms with Gasteiger partial charge in [0.05, 0.1) is 12.9 Å². The van der Waals surface area contributed by atoms with Crippen LogP contribution in [-0.4, -0.2) is 68.8 Å². The number of carbonyl (C=O) groups is 2. The summed E-state index contributed by atoms with van der Waals surface area (Å²) in [5.41, 5.74) is 2.19. The van der Waals surface area contributed by atoms with E-state index in [1.54, 1.807) is 22.5 Å². The molecule has 2 aromatic rings. The van der Waals surface area contributed by atoms with E-state index in [-0.39, 0.29) is 29.6 Å². The average Bonchev–Trinajstić information content (AvgIpc) is 3.06. The molecule has 2 aliphatic heterocycles. The van der Waals surface area contributed by atoms with Crippen molar-refractivity contribution in [3.8, 4) is 0 Å². The zero-order chi connectivity index (χ0) is 29.6. The van der Waals surface area contributed by atoms with Crippen molar-refractivity contribution < 1.29 is 27.1 Å². The molecule has 0 aliphatic carbocycles. The van der Waals surface area contributed by atoms with Crippen LogP contribution < -0.4 is 16.0 Å². The van der Waals surface area contributed by atoms with Gasteiger partial charge in [0.1, 0.15) is 11.9 Å². The normalized spacial score (nSPS) is 23.2. The Morgan fingerprint density at radius 2 is 1.88 bits per heavy atom. The van der Waals surface area contributed by atoms with Crippen LogP contribution in [-0.2, 0) is 26.0 Å². The predicted octanol–water partition coefficient (Wildman–Crippen LogP) is 4.02. The van der Waals surface area contributed by atoms with E-state index in [1.165, 1.54) is 19.2 Å². The van der Waals surface area contributed by atoms with Crippen molar-refractivity contribution in [2.24, 2.45) is 5.92 Å². The number of alkyl carbamates (subject to hydrolysis) is 1. The van der Waals surface area contributed by atoms with Crippen LogP contribution in [0.3, 0.4) is 0 Å². The number of para-hydroxylation sites is 1. The number of rotatable bonds is 10. The number of nitrogens with one attached hydrogen (secondary N) is 3. The zero-order valence-corrected chi connectivity index (χ0v) is 24.8. The first kappa shape index (κ1) is 30.9. The molecule has 2 aliphatic rings. The topological polar surface area (TPSA) is 117 Å². The van der Waals surface area contributed by atoms with Crippen molar-refractivity contribution in [1.82, 2.24) is 14.9 Å². The number of anilines is 1. The van der Waals surface area contributed by atoms with E-state index in [0.717, 1.165) is 17.5 Å². The first-order valence-corrected chi connectivity index (χ1v) is 15.9. The highest BCUT2D eigenvalue weighted by atomic mass is 32.2. The minimum atomic E-state index is -3.30. The van der Waals surface area contributed by atoms with Gasteiger partial charge < -0.3 is 20.7 Å². The minimum Gasteiger partial charge on any atom is -0.453 e. The Hall–Kier alpha value is -3.02. The van der Waals surface area contributed by atoms with Gasteiger partial charge in [0.15, 0.2) is 0 Å². The lowest BCUT2D eigenvalue weighted by atomic mass is 9.84. The fraction of sp³-hybridized carbons (Fsp3) is 0.533. The van der Waals surface area contributed by atoms with Crippen molar-refractivity contribution in [3.05, 3.63) is 65.5 Å². The summed E-state index contributed by atoms with van der Waals surface area (Å²) < 4.78 is 46.0. The number of piperazine rings is 1. The zero-order valence-electron chi connectivity index (χ0n) is 23.9. The summed E-state index contributed by atoms with van der Waals surface area (Å²) in [7, 11) is -2.06. The number of sulfonamides is 1. The Morgan fingerprint density at radius 1 is 1.15 bits per heavy atom. The summed E-state index contributed by atoms with van der Waals surface area (Å²) in [5.74, 6) is -0.879. The van der Waals surface area contributed by atoms with E-state index in [0.29, 0.717) is 44.5 Å². The third-order valence-corrected chi connectivity index (χ3v) is 9.92. The summed E-state index contributed by atoms with van der Waals surface area (Å²) in [6.07, 6.45) is 2.50. The summed E-state index contributed by atoms with van der Waals surface area (Å²) in [5, 5.41) is 9.20. The lowest BCUT2D eigenvalue weighted by Gasteiger charge is -2.37. The van der Waals surface area contributed by atoms with E-state index < -0.39 is 34.0 Å². The minimum absolute atomic E-state index is 0.166. The number of methoxy groups -OCH3 is 1. The molecule has 41 heavy (non-hydrogen) atoms. The second-order valence-corrected chi connectivity index (χ2v) is 13.4. The number of carbonyl (C=O) groups excluding carboxylic acids is 2. The van der Waals surface area contributed by atoms with Crippen LogP contribution in [0.5, 0.6) is 0 Å². The quantitative estimate of drug-likeness (QED) is 0.386. The fourth-order valence-corrected chi connectivity index (χ4v) is 7.66. The van der Waals surface area contributed by atoms with Crippen LogP contribution in [0.1, 0.15) is 56.6 Å². The Kier molecular flexibility index (Phi) is 10.4. The smallest absolute Gasteiger partial charge is 0.407 e. The third-order valence-electron chi connectivity index (χ3n) is 7.95. The Labute approximate surface area is 242 Å². The SMILES string of the molecule is COC(=O)N[C@H](C(=O)Nc1ccccc1CCC1CN[C@@H]2CCCS(=O)(=O)N1C2)[C@H](CC(C)C)c1ccc(F)cc1. The maximum atomic E-state index is 13.8. The number of aryl methyl sites for hydroxylation is 1. The highest BCUT2D eigenvalue weighted by Gasteiger charge is 2.38. The Balaban J connectivity index is 1.54. The van der Waals surface area contributed by atoms with E-state index in [1.807, 2.05) is 32.0 Å². The molecule has 5 atom stereocenters. The van der Waals surface area contributed by atoms with Gasteiger partial charge in [-0.05, 0) is 67.3 Å². The molecule has 3 N–H and O–H groups in total. The van der Waals surface area contributed by atoms with Crippen molar-refractivity contribution in [1.29, 1.82) is 0 Å². The number of amides is 2. The van der Waals surface area contributed by atoms with Gasteiger partial charge in [-0.1, -0.05) is 44.2 Å². The second-order valence-electron chi connectivity index (χ2n) is 11.4. The number of hydrogen-bond donors (Lipinski definition) is 3. The molecule has 0 aromatic heterocycles. The molecule has 0 radical (unpaired) electrons. The second kappa shape index (κ2) is 13.8. The van der Waals surface area contributed by atoms with Crippen LogP contribution in [0.25, 0.3) is 0 Å². The highest BCUT2D eigenvalue weighted by molar-refractivity contribution is 7.89. The van der Waals surface area contributed by atoms with E-state index in [9.17, 15) is 22.4 Å². The largest absolute Gasteiger partial charge is 0.453 e. The van der Waals surface area contributed by atoms with Gasteiger partial charge in [0.2, 0.25) is 15.9 Å². The Morgan fingerprint density at radius 3 is 2.59 bits per heavy atom. The molecular formula is C30H41FN4O5S. The lowest BCUT2D eigenvalue weighted by Crippen LogP contribution is -2.57. The number of halogens is 1. The maximum Gasteiger partial charge on any atom is 0.407 e. The number of nitrogens with zero attached hydrogens (tertiary/aromatic N) is 1. The van der Waals surface area contributed by atoms with Crippen LogP contribution in [0, 0.1) is 11.7 Å². The molecule has 2 heterocycles. The molecule has 2 unspecified atom stereocenters. The van der Waals surface area contributed by atoms with E-state index in [2.05, 4.69) is 16.0 Å². The number of benzene rings is 2. The van der Waals surface area contributed by atoms with Crippen molar-refractivity contribution >= 4 is 27.7 Å². The lowest BCUT2D eigenvalue weighted by molar-refractivity contribution is -0.118. The summed E-state index contributed by atoms with van der Waals surface area (Å²) in [6, 6.07) is 12.4.